The van der Waals surface area contributed by atoms with Crippen molar-refractivity contribution in [2.45, 2.75) is 26.3 Å². The molecule has 144 valence electrons. The summed E-state index contributed by atoms with van der Waals surface area (Å²) >= 11 is 5.96. The van der Waals surface area contributed by atoms with Crippen molar-refractivity contribution in [3.63, 3.8) is 0 Å². The zero-order valence-corrected chi connectivity index (χ0v) is 16.8. The molecule has 1 aliphatic heterocycles. The molecule has 0 radical (unpaired) electrons. The van der Waals surface area contributed by atoms with Crippen LogP contribution in [0.5, 0.6) is 0 Å². The van der Waals surface area contributed by atoms with Crippen LogP contribution in [-0.4, -0.2) is 35.2 Å². The van der Waals surface area contributed by atoms with Crippen LogP contribution in [-0.2, 0) is 0 Å². The Morgan fingerprint density at radius 1 is 1.14 bits per heavy atom. The van der Waals surface area contributed by atoms with Gasteiger partial charge >= 0.3 is 0 Å². The van der Waals surface area contributed by atoms with E-state index in [1.165, 1.54) is 0 Å². The van der Waals surface area contributed by atoms with Crippen LogP contribution in [0.2, 0.25) is 5.02 Å². The number of aromatic amines is 1. The summed E-state index contributed by atoms with van der Waals surface area (Å²) in [7, 11) is 0. The minimum atomic E-state index is -0.0115. The number of hydrogen-bond donors (Lipinski definition) is 2. The van der Waals surface area contributed by atoms with Gasteiger partial charge in [-0.1, -0.05) is 40.9 Å². The highest BCUT2D eigenvalue weighted by Crippen LogP contribution is 2.25. The molecule has 4 rings (SSSR count). The molecular weight excluding hydrogens is 372 g/mol. The van der Waals surface area contributed by atoms with Crippen LogP contribution < -0.4 is 10.2 Å². The Balaban J connectivity index is 1.40. The number of aryl methyl sites for hydroxylation is 2. The third-order valence-corrected chi connectivity index (χ3v) is 5.30. The van der Waals surface area contributed by atoms with E-state index in [0.717, 1.165) is 53.3 Å². The predicted octanol–water partition coefficient (Wildman–Crippen LogP) is 4.36. The summed E-state index contributed by atoms with van der Waals surface area (Å²) in [4.78, 5) is 14.8. The zero-order chi connectivity index (χ0) is 19.7. The molecule has 1 unspecified atom stereocenters. The van der Waals surface area contributed by atoms with E-state index in [0.29, 0.717) is 5.02 Å². The van der Waals surface area contributed by atoms with Crippen molar-refractivity contribution in [2.24, 2.45) is 0 Å². The Bertz CT molecular complexity index is 976. The van der Waals surface area contributed by atoms with E-state index in [1.54, 1.807) is 0 Å². The fourth-order valence-corrected chi connectivity index (χ4v) is 3.84. The van der Waals surface area contributed by atoms with Crippen molar-refractivity contribution in [3.8, 4) is 11.3 Å². The smallest absolute Gasteiger partial charge is 0.251 e. The molecule has 1 aromatic heterocycles. The molecule has 2 aromatic carbocycles. The lowest BCUT2D eigenvalue weighted by Crippen LogP contribution is -2.37. The van der Waals surface area contributed by atoms with Gasteiger partial charge in [0.25, 0.3) is 5.91 Å². The van der Waals surface area contributed by atoms with Crippen molar-refractivity contribution in [1.29, 1.82) is 0 Å². The van der Waals surface area contributed by atoms with Crippen molar-refractivity contribution in [2.75, 3.05) is 18.0 Å². The van der Waals surface area contributed by atoms with Gasteiger partial charge in [0.05, 0.1) is 5.69 Å². The number of hydrogen-bond acceptors (Lipinski definition) is 3. The fraction of sp³-hybridized carbons (Fsp3) is 0.273. The van der Waals surface area contributed by atoms with Gasteiger partial charge in [0, 0.05) is 35.8 Å². The molecule has 28 heavy (non-hydrogen) atoms. The van der Waals surface area contributed by atoms with Gasteiger partial charge < -0.3 is 10.2 Å². The van der Waals surface area contributed by atoms with Gasteiger partial charge in [-0.25, -0.2) is 0 Å². The molecule has 0 saturated carbocycles. The SMILES string of the molecule is Cc1cc(C)cc(C(=O)NC2CCN(c3cc(-c4ccc(Cl)cc4)[nH]n3)C2)c1. The normalized spacial score (nSPS) is 16.4. The third-order valence-electron chi connectivity index (χ3n) is 5.05. The molecule has 1 aliphatic rings. The van der Waals surface area contributed by atoms with Crippen molar-refractivity contribution >= 4 is 23.3 Å². The molecule has 5 nitrogen and oxygen atoms in total. The van der Waals surface area contributed by atoms with Gasteiger partial charge in [0.2, 0.25) is 0 Å². The second-order valence-electron chi connectivity index (χ2n) is 7.43. The molecule has 6 heteroatoms. The number of anilines is 1. The van der Waals surface area contributed by atoms with Gasteiger partial charge in [0.1, 0.15) is 0 Å². The highest BCUT2D eigenvalue weighted by Gasteiger charge is 2.26. The fourth-order valence-electron chi connectivity index (χ4n) is 3.71. The predicted molar refractivity (Wildman–Crippen MR) is 113 cm³/mol. The summed E-state index contributed by atoms with van der Waals surface area (Å²) in [5.74, 6) is 0.885. The zero-order valence-electron chi connectivity index (χ0n) is 16.0. The quantitative estimate of drug-likeness (QED) is 0.691. The first-order valence-corrected chi connectivity index (χ1v) is 9.81. The number of aromatic nitrogens is 2. The van der Waals surface area contributed by atoms with Gasteiger partial charge in [-0.3, -0.25) is 9.89 Å². The van der Waals surface area contributed by atoms with E-state index >= 15 is 0 Å². The molecule has 0 bridgehead atoms. The van der Waals surface area contributed by atoms with Crippen LogP contribution in [0.4, 0.5) is 5.82 Å². The Morgan fingerprint density at radius 3 is 2.57 bits per heavy atom. The number of carbonyl (C=O) groups is 1. The average Bonchev–Trinajstić information content (AvgIpc) is 3.31. The summed E-state index contributed by atoms with van der Waals surface area (Å²) in [6.07, 6.45) is 0.902. The van der Waals surface area contributed by atoms with Crippen LogP contribution in [0.1, 0.15) is 27.9 Å². The molecule has 2 N–H and O–H groups in total. The summed E-state index contributed by atoms with van der Waals surface area (Å²) in [6.45, 7) is 5.64. The van der Waals surface area contributed by atoms with Crippen molar-refractivity contribution in [3.05, 3.63) is 70.2 Å². The lowest BCUT2D eigenvalue weighted by Gasteiger charge is -2.16. The topological polar surface area (TPSA) is 61.0 Å². The molecule has 0 spiro atoms. The molecule has 2 heterocycles. The standard InChI is InChI=1S/C22H23ClN4O/c1-14-9-15(2)11-17(10-14)22(28)24-19-7-8-27(13-19)21-12-20(25-26-21)16-3-5-18(23)6-4-16/h3-6,9-12,19H,7-8,13H2,1-2H3,(H,24,28)(H,25,26). The number of halogens is 1. The van der Waals surface area contributed by atoms with E-state index in [1.807, 2.05) is 56.3 Å². The minimum absolute atomic E-state index is 0.0115. The first-order valence-electron chi connectivity index (χ1n) is 9.43. The van der Waals surface area contributed by atoms with Crippen molar-refractivity contribution < 1.29 is 4.79 Å². The van der Waals surface area contributed by atoms with E-state index in [9.17, 15) is 4.79 Å². The monoisotopic (exact) mass is 394 g/mol. The second-order valence-corrected chi connectivity index (χ2v) is 7.86. The molecule has 3 aromatic rings. The molecule has 1 saturated heterocycles. The number of amides is 1. The van der Waals surface area contributed by atoms with Crippen LogP contribution in [0.25, 0.3) is 11.3 Å². The van der Waals surface area contributed by atoms with Crippen LogP contribution in [0.15, 0.2) is 48.5 Å². The Labute approximate surface area is 169 Å². The van der Waals surface area contributed by atoms with E-state index in [-0.39, 0.29) is 11.9 Å². The molecule has 1 fully saturated rings. The number of benzene rings is 2. The number of nitrogens with zero attached hydrogens (tertiary/aromatic N) is 2. The average molecular weight is 395 g/mol. The summed E-state index contributed by atoms with van der Waals surface area (Å²) in [5, 5.41) is 11.4. The lowest BCUT2D eigenvalue weighted by molar-refractivity contribution is 0.0940. The van der Waals surface area contributed by atoms with Crippen LogP contribution in [0.3, 0.4) is 0 Å². The number of carbonyl (C=O) groups excluding carboxylic acids is 1. The van der Waals surface area contributed by atoms with Gasteiger partial charge in [0.15, 0.2) is 5.82 Å². The summed E-state index contributed by atoms with van der Waals surface area (Å²) < 4.78 is 0. The van der Waals surface area contributed by atoms with E-state index in [2.05, 4.69) is 26.5 Å². The van der Waals surface area contributed by atoms with Gasteiger partial charge in [-0.2, -0.15) is 5.10 Å². The maximum absolute atomic E-state index is 12.6. The first-order chi connectivity index (χ1) is 13.5. The summed E-state index contributed by atoms with van der Waals surface area (Å²) in [6, 6.07) is 15.8. The number of H-pyrrole nitrogens is 1. The maximum atomic E-state index is 12.6. The Kier molecular flexibility index (Phi) is 5.09. The maximum Gasteiger partial charge on any atom is 0.251 e. The van der Waals surface area contributed by atoms with E-state index < -0.39 is 0 Å². The second kappa shape index (κ2) is 7.68. The number of rotatable bonds is 4. The van der Waals surface area contributed by atoms with Crippen LogP contribution >= 0.6 is 11.6 Å². The minimum Gasteiger partial charge on any atom is -0.353 e. The highest BCUT2D eigenvalue weighted by molar-refractivity contribution is 6.30. The lowest BCUT2D eigenvalue weighted by atomic mass is 10.1. The first kappa shape index (κ1) is 18.6. The van der Waals surface area contributed by atoms with Gasteiger partial charge in [-0.15, -0.1) is 0 Å². The number of nitrogens with one attached hydrogen (secondary N) is 2. The largest absolute Gasteiger partial charge is 0.353 e. The molecule has 1 atom stereocenters. The molecule has 0 aliphatic carbocycles. The highest BCUT2D eigenvalue weighted by atomic mass is 35.5. The third kappa shape index (κ3) is 4.04. The molecular formula is C22H23ClN4O. The van der Waals surface area contributed by atoms with Gasteiger partial charge in [-0.05, 0) is 50.1 Å². The Hall–Kier alpha value is -2.79. The van der Waals surface area contributed by atoms with Crippen LogP contribution in [0, 0.1) is 13.8 Å². The Morgan fingerprint density at radius 2 is 1.86 bits per heavy atom. The van der Waals surface area contributed by atoms with Crippen molar-refractivity contribution in [1.82, 2.24) is 15.5 Å². The molecule has 1 amide bonds. The summed E-state index contributed by atoms with van der Waals surface area (Å²) in [5.41, 5.74) is 4.92. The van der Waals surface area contributed by atoms with E-state index in [4.69, 9.17) is 11.6 Å².